The minimum atomic E-state index is -0.234. The van der Waals surface area contributed by atoms with Crippen molar-refractivity contribution in [3.8, 4) is 0 Å². The van der Waals surface area contributed by atoms with Gasteiger partial charge in [0.1, 0.15) is 11.5 Å². The smallest absolute Gasteiger partial charge is 0.319 e. The predicted octanol–water partition coefficient (Wildman–Crippen LogP) is 3.85. The number of rotatable bonds is 5. The van der Waals surface area contributed by atoms with E-state index in [4.69, 9.17) is 9.15 Å². The Morgan fingerprint density at radius 1 is 1.23 bits per heavy atom. The standard InChI is InChI=1S/C19H24BrN3O3/c1-13-3-5-15(11-16(13)20)22-19(24)21-12-17(18-6-4-14(2)26-18)23-7-9-25-10-8-23/h3-6,11,17H,7-10,12H2,1-2H3,(H2,21,22,24)/t17-/m0/s1. The molecule has 1 aliphatic heterocycles. The van der Waals surface area contributed by atoms with Crippen LogP contribution in [0.5, 0.6) is 0 Å². The molecule has 26 heavy (non-hydrogen) atoms. The quantitative estimate of drug-likeness (QED) is 0.768. The Balaban J connectivity index is 1.62. The molecule has 2 heterocycles. The molecule has 0 unspecified atom stereocenters. The maximum atomic E-state index is 12.3. The third-order valence-electron chi connectivity index (χ3n) is 4.46. The molecular weight excluding hydrogens is 398 g/mol. The summed E-state index contributed by atoms with van der Waals surface area (Å²) in [5.41, 5.74) is 1.87. The van der Waals surface area contributed by atoms with Crippen LogP contribution < -0.4 is 10.6 Å². The first kappa shape index (κ1) is 18.9. The Bertz CT molecular complexity index is 756. The third kappa shape index (κ3) is 4.87. The fourth-order valence-corrected chi connectivity index (χ4v) is 3.35. The number of amides is 2. The number of morpholine rings is 1. The first-order chi connectivity index (χ1) is 12.5. The van der Waals surface area contributed by atoms with Crippen molar-refractivity contribution in [3.63, 3.8) is 0 Å². The zero-order chi connectivity index (χ0) is 18.5. The molecule has 0 bridgehead atoms. The van der Waals surface area contributed by atoms with E-state index in [-0.39, 0.29) is 12.1 Å². The molecule has 1 aromatic heterocycles. The topological polar surface area (TPSA) is 66.7 Å². The fraction of sp³-hybridized carbons (Fsp3) is 0.421. The van der Waals surface area contributed by atoms with Crippen molar-refractivity contribution in [2.75, 3.05) is 38.2 Å². The van der Waals surface area contributed by atoms with Crippen LogP contribution in [0.25, 0.3) is 0 Å². The molecule has 0 aliphatic carbocycles. The van der Waals surface area contributed by atoms with Crippen LogP contribution in [0.3, 0.4) is 0 Å². The number of benzene rings is 1. The first-order valence-corrected chi connectivity index (χ1v) is 9.51. The van der Waals surface area contributed by atoms with E-state index in [1.165, 1.54) is 0 Å². The first-order valence-electron chi connectivity index (χ1n) is 8.72. The van der Waals surface area contributed by atoms with Gasteiger partial charge in [-0.3, -0.25) is 4.90 Å². The number of anilines is 1. The number of hydrogen-bond donors (Lipinski definition) is 2. The van der Waals surface area contributed by atoms with Crippen LogP contribution in [-0.4, -0.2) is 43.8 Å². The van der Waals surface area contributed by atoms with E-state index in [1.807, 2.05) is 44.2 Å². The van der Waals surface area contributed by atoms with Crippen molar-refractivity contribution in [1.82, 2.24) is 10.2 Å². The molecule has 0 radical (unpaired) electrons. The van der Waals surface area contributed by atoms with E-state index in [1.54, 1.807) is 0 Å². The number of carbonyl (C=O) groups excluding carboxylic acids is 1. The summed E-state index contributed by atoms with van der Waals surface area (Å²) in [6, 6.07) is 9.42. The normalized spacial score (nSPS) is 16.3. The fourth-order valence-electron chi connectivity index (χ4n) is 2.97. The van der Waals surface area contributed by atoms with E-state index >= 15 is 0 Å². The highest BCUT2D eigenvalue weighted by Gasteiger charge is 2.25. The summed E-state index contributed by atoms with van der Waals surface area (Å²) in [6.45, 7) is 7.42. The van der Waals surface area contributed by atoms with E-state index in [0.29, 0.717) is 19.8 Å². The second-order valence-corrected chi connectivity index (χ2v) is 7.27. The zero-order valence-corrected chi connectivity index (χ0v) is 16.6. The molecule has 0 saturated carbocycles. The Kier molecular flexibility index (Phi) is 6.34. The van der Waals surface area contributed by atoms with Crippen molar-refractivity contribution >= 4 is 27.6 Å². The van der Waals surface area contributed by atoms with Crippen molar-refractivity contribution in [2.24, 2.45) is 0 Å². The van der Waals surface area contributed by atoms with Crippen molar-refractivity contribution in [1.29, 1.82) is 0 Å². The predicted molar refractivity (Wildman–Crippen MR) is 104 cm³/mol. The number of aryl methyl sites for hydroxylation is 2. The lowest BCUT2D eigenvalue weighted by molar-refractivity contribution is 0.0122. The van der Waals surface area contributed by atoms with Crippen LogP contribution in [0.15, 0.2) is 39.2 Å². The van der Waals surface area contributed by atoms with Gasteiger partial charge in [0.05, 0.1) is 19.3 Å². The summed E-state index contributed by atoms with van der Waals surface area (Å²) in [5, 5.41) is 5.83. The average molecular weight is 422 g/mol. The second-order valence-electron chi connectivity index (χ2n) is 6.41. The van der Waals surface area contributed by atoms with E-state index in [9.17, 15) is 4.79 Å². The molecule has 3 rings (SSSR count). The molecule has 140 valence electrons. The molecule has 1 aromatic carbocycles. The van der Waals surface area contributed by atoms with Gasteiger partial charge in [0.25, 0.3) is 0 Å². The minimum Gasteiger partial charge on any atom is -0.465 e. The summed E-state index contributed by atoms with van der Waals surface area (Å²) >= 11 is 3.48. The van der Waals surface area contributed by atoms with E-state index in [2.05, 4.69) is 31.5 Å². The monoisotopic (exact) mass is 421 g/mol. The van der Waals surface area contributed by atoms with Gasteiger partial charge in [0, 0.05) is 29.8 Å². The van der Waals surface area contributed by atoms with Crippen molar-refractivity contribution in [3.05, 3.63) is 51.9 Å². The molecule has 2 amide bonds. The Morgan fingerprint density at radius 3 is 2.65 bits per heavy atom. The minimum absolute atomic E-state index is 0.0110. The molecule has 0 spiro atoms. The Morgan fingerprint density at radius 2 is 2.00 bits per heavy atom. The van der Waals surface area contributed by atoms with E-state index in [0.717, 1.165) is 40.3 Å². The molecule has 1 atom stereocenters. The van der Waals surface area contributed by atoms with Crippen LogP contribution in [0.2, 0.25) is 0 Å². The molecule has 2 N–H and O–H groups in total. The Hall–Kier alpha value is -1.83. The number of nitrogens with zero attached hydrogens (tertiary/aromatic N) is 1. The van der Waals surface area contributed by atoms with Crippen LogP contribution in [-0.2, 0) is 4.74 Å². The van der Waals surface area contributed by atoms with Crippen molar-refractivity contribution < 1.29 is 13.9 Å². The maximum absolute atomic E-state index is 12.3. The van der Waals surface area contributed by atoms with Crippen molar-refractivity contribution in [2.45, 2.75) is 19.9 Å². The molecule has 1 saturated heterocycles. The molecule has 1 fully saturated rings. The summed E-state index contributed by atoms with van der Waals surface area (Å²) in [5.74, 6) is 1.73. The SMILES string of the molecule is Cc1ccc([C@H](CNC(=O)Nc2ccc(C)c(Br)c2)N2CCOCC2)o1. The largest absolute Gasteiger partial charge is 0.465 e. The average Bonchev–Trinajstić information content (AvgIpc) is 3.05. The summed E-state index contributed by atoms with van der Waals surface area (Å²) < 4.78 is 12.2. The van der Waals surface area contributed by atoms with Gasteiger partial charge in [0.15, 0.2) is 0 Å². The molecule has 6 nitrogen and oxygen atoms in total. The van der Waals surface area contributed by atoms with Gasteiger partial charge in [-0.1, -0.05) is 22.0 Å². The Labute approximate surface area is 162 Å². The van der Waals surface area contributed by atoms with Crippen LogP contribution in [0.1, 0.15) is 23.1 Å². The molecule has 2 aromatic rings. The van der Waals surface area contributed by atoms with Gasteiger partial charge in [-0.05, 0) is 43.7 Å². The number of carbonyl (C=O) groups is 1. The van der Waals surface area contributed by atoms with E-state index < -0.39 is 0 Å². The summed E-state index contributed by atoms with van der Waals surface area (Å²) in [4.78, 5) is 14.6. The zero-order valence-electron chi connectivity index (χ0n) is 15.0. The van der Waals surface area contributed by atoms with Crippen LogP contribution in [0.4, 0.5) is 10.5 Å². The highest BCUT2D eigenvalue weighted by molar-refractivity contribution is 9.10. The van der Waals surface area contributed by atoms with Crippen LogP contribution in [0, 0.1) is 13.8 Å². The maximum Gasteiger partial charge on any atom is 0.319 e. The van der Waals surface area contributed by atoms with Gasteiger partial charge >= 0.3 is 6.03 Å². The number of halogens is 1. The van der Waals surface area contributed by atoms with Gasteiger partial charge in [-0.15, -0.1) is 0 Å². The number of urea groups is 1. The van der Waals surface area contributed by atoms with Gasteiger partial charge < -0.3 is 19.8 Å². The lowest BCUT2D eigenvalue weighted by atomic mass is 10.1. The van der Waals surface area contributed by atoms with Crippen LogP contribution >= 0.6 is 15.9 Å². The molecule has 1 aliphatic rings. The van der Waals surface area contributed by atoms with Gasteiger partial charge in [0.2, 0.25) is 0 Å². The summed E-state index contributed by atoms with van der Waals surface area (Å²) in [6.07, 6.45) is 0. The van der Waals surface area contributed by atoms with Gasteiger partial charge in [-0.25, -0.2) is 4.79 Å². The highest BCUT2D eigenvalue weighted by Crippen LogP contribution is 2.24. The number of ether oxygens (including phenoxy) is 1. The number of hydrogen-bond acceptors (Lipinski definition) is 4. The third-order valence-corrected chi connectivity index (χ3v) is 5.32. The highest BCUT2D eigenvalue weighted by atomic mass is 79.9. The molecular formula is C19H24BrN3O3. The lowest BCUT2D eigenvalue weighted by Gasteiger charge is -2.33. The second kappa shape index (κ2) is 8.70. The number of nitrogens with one attached hydrogen (secondary N) is 2. The molecule has 7 heteroatoms. The van der Waals surface area contributed by atoms with Gasteiger partial charge in [-0.2, -0.15) is 0 Å². The number of furan rings is 1. The summed E-state index contributed by atoms with van der Waals surface area (Å²) in [7, 11) is 0. The lowest BCUT2D eigenvalue weighted by Crippen LogP contribution is -2.44.